The van der Waals surface area contributed by atoms with Crippen LogP contribution >= 0.6 is 0 Å². The van der Waals surface area contributed by atoms with Crippen molar-refractivity contribution in [3.63, 3.8) is 0 Å². The highest BCUT2D eigenvalue weighted by Crippen LogP contribution is 2.44. The molecule has 0 saturated carbocycles. The first kappa shape index (κ1) is 15.9. The van der Waals surface area contributed by atoms with E-state index >= 15 is 0 Å². The number of allylic oxidation sites excluding steroid dienone is 1. The number of aromatic nitrogens is 2. The first-order valence-electron chi connectivity index (χ1n) is 7.87. The van der Waals surface area contributed by atoms with Gasteiger partial charge in [0.05, 0.1) is 11.5 Å². The highest BCUT2D eigenvalue weighted by molar-refractivity contribution is 5.57. The minimum atomic E-state index is -0.272. The summed E-state index contributed by atoms with van der Waals surface area (Å²) in [4.78, 5) is 2.03. The van der Waals surface area contributed by atoms with Crippen molar-refractivity contribution in [1.82, 2.24) is 10.2 Å². The lowest BCUT2D eigenvalue weighted by Crippen LogP contribution is -2.21. The molecule has 0 unspecified atom stereocenters. The van der Waals surface area contributed by atoms with Crippen molar-refractivity contribution < 1.29 is 4.74 Å². The lowest BCUT2D eigenvalue weighted by Gasteiger charge is -2.25. The van der Waals surface area contributed by atoms with Gasteiger partial charge in [0.1, 0.15) is 11.6 Å². The molecule has 124 valence electrons. The minimum Gasteiger partial charge on any atom is -0.420 e. The number of aromatic amines is 1. The third-order valence-corrected chi connectivity index (χ3v) is 4.29. The number of hydrogen-bond donors (Lipinski definition) is 2. The first-order chi connectivity index (χ1) is 11.4. The monoisotopic (exact) mass is 323 g/mol. The lowest BCUT2D eigenvalue weighted by molar-refractivity contribution is 0.378. The number of nitriles is 1. The van der Waals surface area contributed by atoms with Crippen LogP contribution in [-0.4, -0.2) is 24.3 Å². The van der Waals surface area contributed by atoms with Gasteiger partial charge in [-0.1, -0.05) is 26.0 Å². The van der Waals surface area contributed by atoms with Crippen molar-refractivity contribution in [1.29, 1.82) is 5.26 Å². The summed E-state index contributed by atoms with van der Waals surface area (Å²) in [5.41, 5.74) is 10.3. The van der Waals surface area contributed by atoms with E-state index in [1.807, 2.05) is 43.3 Å². The van der Waals surface area contributed by atoms with E-state index in [2.05, 4.69) is 30.1 Å². The number of rotatable bonds is 3. The Morgan fingerprint density at radius 2 is 1.96 bits per heavy atom. The van der Waals surface area contributed by atoms with E-state index in [9.17, 15) is 5.26 Å². The van der Waals surface area contributed by atoms with Crippen LogP contribution in [-0.2, 0) is 0 Å². The molecule has 1 aliphatic heterocycles. The highest BCUT2D eigenvalue weighted by Gasteiger charge is 2.35. The molecule has 6 nitrogen and oxygen atoms in total. The molecule has 0 amide bonds. The average Bonchev–Trinajstić information content (AvgIpc) is 2.97. The van der Waals surface area contributed by atoms with E-state index in [0.717, 1.165) is 22.5 Å². The van der Waals surface area contributed by atoms with Crippen LogP contribution in [0.4, 0.5) is 5.69 Å². The Morgan fingerprint density at radius 3 is 2.50 bits per heavy atom. The summed E-state index contributed by atoms with van der Waals surface area (Å²) >= 11 is 0. The Morgan fingerprint density at radius 1 is 1.29 bits per heavy atom. The quantitative estimate of drug-likeness (QED) is 0.906. The van der Waals surface area contributed by atoms with E-state index in [1.165, 1.54) is 0 Å². The predicted molar refractivity (Wildman–Crippen MR) is 92.7 cm³/mol. The molecule has 1 aliphatic rings. The van der Waals surface area contributed by atoms with Crippen molar-refractivity contribution in [3.05, 3.63) is 52.5 Å². The Bertz CT molecular complexity index is 824. The molecule has 6 heteroatoms. The summed E-state index contributed by atoms with van der Waals surface area (Å²) in [6.45, 7) is 4.15. The number of nitrogens with two attached hydrogens (primary N) is 1. The molecule has 24 heavy (non-hydrogen) atoms. The lowest BCUT2D eigenvalue weighted by atomic mass is 9.82. The van der Waals surface area contributed by atoms with Crippen molar-refractivity contribution >= 4 is 5.69 Å². The van der Waals surface area contributed by atoms with E-state index in [1.54, 1.807) is 0 Å². The van der Waals surface area contributed by atoms with Gasteiger partial charge in [-0.25, -0.2) is 0 Å². The van der Waals surface area contributed by atoms with Gasteiger partial charge < -0.3 is 15.4 Å². The van der Waals surface area contributed by atoms with Crippen molar-refractivity contribution in [2.24, 2.45) is 5.73 Å². The van der Waals surface area contributed by atoms with E-state index < -0.39 is 0 Å². The molecule has 0 aliphatic carbocycles. The molecule has 1 atom stereocenters. The molecule has 3 N–H and O–H groups in total. The maximum atomic E-state index is 9.62. The minimum absolute atomic E-state index is 0.119. The normalized spacial score (nSPS) is 16.6. The number of ether oxygens (including phenoxy) is 1. The predicted octanol–water partition coefficient (Wildman–Crippen LogP) is 2.82. The maximum Gasteiger partial charge on any atom is 0.244 e. The number of fused-ring (bicyclic) bond motifs is 1. The van der Waals surface area contributed by atoms with Crippen LogP contribution < -0.4 is 15.4 Å². The van der Waals surface area contributed by atoms with Crippen LogP contribution in [0, 0.1) is 11.3 Å². The van der Waals surface area contributed by atoms with Gasteiger partial charge in [-0.3, -0.25) is 5.10 Å². The number of anilines is 1. The Balaban J connectivity index is 2.17. The fraction of sp³-hybridized carbons (Fsp3) is 0.333. The maximum absolute atomic E-state index is 9.62. The van der Waals surface area contributed by atoms with Crippen molar-refractivity contribution in [2.75, 3.05) is 19.0 Å². The van der Waals surface area contributed by atoms with Crippen LogP contribution in [0.5, 0.6) is 5.88 Å². The molecule has 1 aromatic heterocycles. The van der Waals surface area contributed by atoms with Crippen LogP contribution in [0.15, 0.2) is 35.7 Å². The summed E-state index contributed by atoms with van der Waals surface area (Å²) < 4.78 is 5.56. The van der Waals surface area contributed by atoms with Gasteiger partial charge in [-0.2, -0.15) is 5.26 Å². The number of H-pyrrole nitrogens is 1. The summed E-state index contributed by atoms with van der Waals surface area (Å²) in [5, 5.41) is 16.9. The molecule has 0 bridgehead atoms. The zero-order valence-corrected chi connectivity index (χ0v) is 14.3. The van der Waals surface area contributed by atoms with E-state index in [-0.39, 0.29) is 17.7 Å². The van der Waals surface area contributed by atoms with Crippen molar-refractivity contribution in [3.8, 4) is 11.9 Å². The largest absolute Gasteiger partial charge is 0.420 e. The summed E-state index contributed by atoms with van der Waals surface area (Å²) in [6.07, 6.45) is 0. The summed E-state index contributed by atoms with van der Waals surface area (Å²) in [6, 6.07) is 10.3. The second-order valence-corrected chi connectivity index (χ2v) is 6.42. The smallest absolute Gasteiger partial charge is 0.244 e. The van der Waals surface area contributed by atoms with E-state index in [4.69, 9.17) is 10.5 Å². The second-order valence-electron chi connectivity index (χ2n) is 6.42. The Hall–Kier alpha value is -2.94. The summed E-state index contributed by atoms with van der Waals surface area (Å²) in [7, 11) is 3.99. The van der Waals surface area contributed by atoms with Gasteiger partial charge in [0.2, 0.25) is 11.8 Å². The van der Waals surface area contributed by atoms with Crippen LogP contribution in [0.3, 0.4) is 0 Å². The highest BCUT2D eigenvalue weighted by atomic mass is 16.5. The van der Waals surface area contributed by atoms with Gasteiger partial charge in [0.15, 0.2) is 0 Å². The third-order valence-electron chi connectivity index (χ3n) is 4.29. The van der Waals surface area contributed by atoms with Crippen LogP contribution in [0.25, 0.3) is 0 Å². The number of benzene rings is 1. The van der Waals surface area contributed by atoms with Gasteiger partial charge in [0, 0.05) is 25.5 Å². The fourth-order valence-corrected chi connectivity index (χ4v) is 3.01. The number of hydrogen-bond acceptors (Lipinski definition) is 5. The van der Waals surface area contributed by atoms with Crippen molar-refractivity contribution in [2.45, 2.75) is 25.7 Å². The van der Waals surface area contributed by atoms with Gasteiger partial charge >= 0.3 is 0 Å². The molecule has 3 rings (SSSR count). The standard InChI is InChI=1S/C18H21N5O/c1-10(2)16-15-14(11-5-7-12(8-6-11)23(3)4)13(9-19)17(20)24-18(15)22-21-16/h5-8,10,14H,20H2,1-4H3,(H,21,22)/t14-/m0/s1. The number of nitrogens with one attached hydrogen (secondary N) is 1. The molecule has 0 saturated heterocycles. The molecule has 0 spiro atoms. The van der Waals surface area contributed by atoms with Gasteiger partial charge in [-0.15, -0.1) is 5.10 Å². The molecule has 0 fully saturated rings. The zero-order valence-electron chi connectivity index (χ0n) is 14.3. The Kier molecular flexibility index (Phi) is 3.94. The van der Waals surface area contributed by atoms with E-state index in [0.29, 0.717) is 11.5 Å². The fourth-order valence-electron chi connectivity index (χ4n) is 3.01. The molecule has 2 heterocycles. The third kappa shape index (κ3) is 2.48. The topological polar surface area (TPSA) is 91.0 Å². The molecular formula is C18H21N5O. The van der Waals surface area contributed by atoms with Crippen LogP contribution in [0.2, 0.25) is 0 Å². The zero-order chi connectivity index (χ0) is 17.4. The summed E-state index contributed by atoms with van der Waals surface area (Å²) in [5.74, 6) is 0.532. The Labute approximate surface area is 141 Å². The van der Waals surface area contributed by atoms with Gasteiger partial charge in [-0.05, 0) is 23.6 Å². The molecule has 1 aromatic carbocycles. The molecular weight excluding hydrogens is 302 g/mol. The van der Waals surface area contributed by atoms with Gasteiger partial charge in [0.25, 0.3) is 0 Å². The number of nitrogens with zero attached hydrogens (tertiary/aromatic N) is 3. The second kappa shape index (κ2) is 5.93. The van der Waals surface area contributed by atoms with Crippen LogP contribution in [0.1, 0.15) is 42.5 Å². The average molecular weight is 323 g/mol. The molecule has 2 aromatic rings. The first-order valence-corrected chi connectivity index (χ1v) is 7.87. The molecule has 0 radical (unpaired) electrons. The SMILES string of the molecule is CC(C)c1[nH]nc2c1[C@@H](c1ccc(N(C)C)cc1)C(C#N)=C(N)O2.